The maximum atomic E-state index is 12.1. The molecule has 25 heavy (non-hydrogen) atoms. The van der Waals surface area contributed by atoms with Crippen molar-refractivity contribution in [3.8, 4) is 11.1 Å². The van der Waals surface area contributed by atoms with E-state index < -0.39 is 9.84 Å². The smallest absolute Gasteiger partial charge is 0.249 e. The molecule has 0 radical (unpaired) electrons. The maximum absolute atomic E-state index is 12.1. The van der Waals surface area contributed by atoms with Crippen LogP contribution in [0, 0.1) is 0 Å². The van der Waals surface area contributed by atoms with Crippen molar-refractivity contribution in [3.05, 3.63) is 63.9 Å². The van der Waals surface area contributed by atoms with Gasteiger partial charge in [0.05, 0.1) is 10.4 Å². The Bertz CT molecular complexity index is 1300. The number of sulfone groups is 1. The van der Waals surface area contributed by atoms with Gasteiger partial charge in [0, 0.05) is 28.3 Å². The van der Waals surface area contributed by atoms with Crippen LogP contribution >= 0.6 is 11.6 Å². The Morgan fingerprint density at radius 3 is 2.64 bits per heavy atom. The van der Waals surface area contributed by atoms with Crippen molar-refractivity contribution >= 4 is 43.5 Å². The molecule has 1 N–H and O–H groups in total. The first-order valence-electron chi connectivity index (χ1n) is 7.38. The summed E-state index contributed by atoms with van der Waals surface area (Å²) in [4.78, 5) is 15.1. The lowest BCUT2D eigenvalue weighted by Gasteiger charge is -2.05. The van der Waals surface area contributed by atoms with E-state index >= 15 is 0 Å². The third-order valence-electron chi connectivity index (χ3n) is 3.99. The van der Waals surface area contributed by atoms with E-state index in [9.17, 15) is 13.2 Å². The molecule has 4 rings (SSSR count). The zero-order valence-corrected chi connectivity index (χ0v) is 14.6. The van der Waals surface area contributed by atoms with E-state index in [1.54, 1.807) is 30.3 Å². The summed E-state index contributed by atoms with van der Waals surface area (Å²) in [5, 5.41) is 1.22. The Hall–Kier alpha value is -2.57. The minimum absolute atomic E-state index is 0.178. The van der Waals surface area contributed by atoms with Crippen molar-refractivity contribution in [2.45, 2.75) is 4.90 Å². The van der Waals surface area contributed by atoms with Gasteiger partial charge in [0.25, 0.3) is 0 Å². The van der Waals surface area contributed by atoms with Gasteiger partial charge in [-0.3, -0.25) is 4.79 Å². The molecule has 0 saturated carbocycles. The van der Waals surface area contributed by atoms with E-state index in [0.29, 0.717) is 38.2 Å². The summed E-state index contributed by atoms with van der Waals surface area (Å²) in [5.74, 6) is 0. The summed E-state index contributed by atoms with van der Waals surface area (Å²) in [5.41, 5.74) is 2.39. The lowest BCUT2D eigenvalue weighted by molar-refractivity contribution is 0.602. The average Bonchev–Trinajstić information content (AvgIpc) is 2.91. The Morgan fingerprint density at radius 2 is 1.88 bits per heavy atom. The standard InChI is InChI=1S/C18H12ClNO4S/c1-25(22,23)12-4-2-3-10(7-12)13-9-16(21)20-17-14-8-11(19)5-6-15(14)24-18(13)17/h2-9H,1H3,(H,20,21). The van der Waals surface area contributed by atoms with Gasteiger partial charge >= 0.3 is 0 Å². The number of benzene rings is 2. The van der Waals surface area contributed by atoms with Gasteiger partial charge in [0.1, 0.15) is 5.58 Å². The number of aromatic amines is 1. The van der Waals surface area contributed by atoms with Gasteiger partial charge in [-0.25, -0.2) is 8.42 Å². The van der Waals surface area contributed by atoms with Crippen LogP contribution in [0.25, 0.3) is 33.2 Å². The van der Waals surface area contributed by atoms with Crippen LogP contribution < -0.4 is 5.56 Å². The molecule has 0 amide bonds. The predicted molar refractivity (Wildman–Crippen MR) is 97.9 cm³/mol. The highest BCUT2D eigenvalue weighted by molar-refractivity contribution is 7.90. The highest BCUT2D eigenvalue weighted by Crippen LogP contribution is 2.35. The molecule has 0 unspecified atom stereocenters. The van der Waals surface area contributed by atoms with Gasteiger partial charge in [-0.1, -0.05) is 23.7 Å². The van der Waals surface area contributed by atoms with Crippen molar-refractivity contribution in [3.63, 3.8) is 0 Å². The van der Waals surface area contributed by atoms with E-state index in [1.807, 2.05) is 0 Å². The van der Waals surface area contributed by atoms with Crippen LogP contribution in [-0.4, -0.2) is 19.7 Å². The van der Waals surface area contributed by atoms with Crippen LogP contribution in [0.4, 0.5) is 0 Å². The van der Waals surface area contributed by atoms with Crippen molar-refractivity contribution in [1.29, 1.82) is 0 Å². The van der Waals surface area contributed by atoms with Crippen LogP contribution in [0.15, 0.2) is 62.6 Å². The molecule has 2 aromatic heterocycles. The third kappa shape index (κ3) is 2.73. The summed E-state index contributed by atoms with van der Waals surface area (Å²) < 4.78 is 29.5. The first-order valence-corrected chi connectivity index (χ1v) is 9.65. The third-order valence-corrected chi connectivity index (χ3v) is 5.34. The first kappa shape index (κ1) is 15.9. The van der Waals surface area contributed by atoms with E-state index in [-0.39, 0.29) is 10.5 Å². The number of aromatic nitrogens is 1. The first-order chi connectivity index (χ1) is 11.8. The van der Waals surface area contributed by atoms with Gasteiger partial charge in [-0.15, -0.1) is 0 Å². The molecular formula is C18H12ClNO4S. The molecular weight excluding hydrogens is 362 g/mol. The van der Waals surface area contributed by atoms with Crippen molar-refractivity contribution < 1.29 is 12.8 Å². The highest BCUT2D eigenvalue weighted by atomic mass is 35.5. The van der Waals surface area contributed by atoms with E-state index in [4.69, 9.17) is 16.0 Å². The number of hydrogen-bond donors (Lipinski definition) is 1. The summed E-state index contributed by atoms with van der Waals surface area (Å²) in [7, 11) is -3.36. The quantitative estimate of drug-likeness (QED) is 0.576. The molecule has 2 heterocycles. The summed E-state index contributed by atoms with van der Waals surface area (Å²) >= 11 is 6.04. The van der Waals surface area contributed by atoms with Crippen LogP contribution in [-0.2, 0) is 9.84 Å². The number of pyridine rings is 1. The van der Waals surface area contributed by atoms with Crippen LogP contribution in [0.1, 0.15) is 0 Å². The molecule has 4 aromatic rings. The minimum Gasteiger partial charge on any atom is -0.454 e. The zero-order chi connectivity index (χ0) is 17.8. The lowest BCUT2D eigenvalue weighted by Crippen LogP contribution is -2.04. The highest BCUT2D eigenvalue weighted by Gasteiger charge is 2.16. The molecule has 0 aliphatic rings. The van der Waals surface area contributed by atoms with Gasteiger partial charge in [0.2, 0.25) is 5.56 Å². The number of furan rings is 1. The van der Waals surface area contributed by atoms with Crippen molar-refractivity contribution in [1.82, 2.24) is 4.98 Å². The van der Waals surface area contributed by atoms with Crippen molar-refractivity contribution in [2.75, 3.05) is 6.26 Å². The zero-order valence-electron chi connectivity index (χ0n) is 13.0. The fourth-order valence-corrected chi connectivity index (χ4v) is 3.69. The Morgan fingerprint density at radius 1 is 1.08 bits per heavy atom. The van der Waals surface area contributed by atoms with E-state index in [2.05, 4.69) is 4.98 Å². The van der Waals surface area contributed by atoms with E-state index in [1.165, 1.54) is 18.2 Å². The van der Waals surface area contributed by atoms with Gasteiger partial charge in [-0.05, 0) is 35.9 Å². The second-order valence-electron chi connectivity index (χ2n) is 5.79. The predicted octanol–water partition coefficient (Wildman–Crippen LogP) is 4.00. The van der Waals surface area contributed by atoms with Gasteiger partial charge in [-0.2, -0.15) is 0 Å². The fourth-order valence-electron chi connectivity index (χ4n) is 2.85. The van der Waals surface area contributed by atoms with Gasteiger partial charge < -0.3 is 9.40 Å². The second-order valence-corrected chi connectivity index (χ2v) is 8.25. The second kappa shape index (κ2) is 5.47. The molecule has 0 aliphatic carbocycles. The van der Waals surface area contributed by atoms with Crippen LogP contribution in [0.5, 0.6) is 0 Å². The Kier molecular flexibility index (Phi) is 3.49. The summed E-state index contributed by atoms with van der Waals surface area (Å²) in [6.45, 7) is 0. The lowest BCUT2D eigenvalue weighted by atomic mass is 10.1. The van der Waals surface area contributed by atoms with Gasteiger partial charge in [0.15, 0.2) is 15.4 Å². The molecule has 0 bridgehead atoms. The maximum Gasteiger partial charge on any atom is 0.249 e. The molecule has 0 saturated heterocycles. The Labute approximate surface area is 147 Å². The average molecular weight is 374 g/mol. The molecule has 2 aromatic carbocycles. The molecule has 0 atom stereocenters. The number of rotatable bonds is 2. The number of halogens is 1. The summed E-state index contributed by atoms with van der Waals surface area (Å²) in [6, 6.07) is 13.0. The molecule has 0 fully saturated rings. The molecule has 0 spiro atoms. The SMILES string of the molecule is CS(=O)(=O)c1cccc(-c2cc(=O)[nH]c3c2oc2ccc(Cl)cc23)c1. The number of hydrogen-bond acceptors (Lipinski definition) is 4. The molecule has 5 nitrogen and oxygen atoms in total. The monoisotopic (exact) mass is 373 g/mol. The largest absolute Gasteiger partial charge is 0.454 e. The molecule has 126 valence electrons. The normalized spacial score (nSPS) is 12.1. The summed E-state index contributed by atoms with van der Waals surface area (Å²) in [6.07, 6.45) is 1.14. The van der Waals surface area contributed by atoms with E-state index in [0.717, 1.165) is 6.26 Å². The topological polar surface area (TPSA) is 80.1 Å². The molecule has 0 aliphatic heterocycles. The van der Waals surface area contributed by atoms with Crippen molar-refractivity contribution in [2.24, 2.45) is 0 Å². The number of nitrogens with one attached hydrogen (secondary N) is 1. The number of H-pyrrole nitrogens is 1. The minimum atomic E-state index is -3.36. The Balaban J connectivity index is 2.09. The van der Waals surface area contributed by atoms with Crippen LogP contribution in [0.3, 0.4) is 0 Å². The molecule has 7 heteroatoms. The number of fused-ring (bicyclic) bond motifs is 3. The van der Waals surface area contributed by atoms with Crippen LogP contribution in [0.2, 0.25) is 5.02 Å². The fraction of sp³-hybridized carbons (Fsp3) is 0.0556.